The molecule has 0 unspecified atom stereocenters. The lowest BCUT2D eigenvalue weighted by atomic mass is 10.0. The molecule has 3 N–H and O–H groups in total. The Morgan fingerprint density at radius 1 is 1.45 bits per heavy atom. The number of carbonyl (C=O) groups excluding carboxylic acids is 1. The molecule has 20 heavy (non-hydrogen) atoms. The Morgan fingerprint density at radius 3 is 2.70 bits per heavy atom. The number of rotatable bonds is 4. The first-order chi connectivity index (χ1) is 9.47. The lowest BCUT2D eigenvalue weighted by molar-refractivity contribution is 0.0157. The first-order valence-corrected chi connectivity index (χ1v) is 6.87. The van der Waals surface area contributed by atoms with Crippen LogP contribution in [0.4, 0.5) is 5.69 Å². The van der Waals surface area contributed by atoms with Crippen molar-refractivity contribution in [2.75, 3.05) is 26.4 Å². The van der Waals surface area contributed by atoms with E-state index >= 15 is 0 Å². The maximum absolute atomic E-state index is 12.4. The maximum Gasteiger partial charge on any atom is 0.255 e. The summed E-state index contributed by atoms with van der Waals surface area (Å²) in [5, 5.41) is 10.4. The first-order valence-electron chi connectivity index (χ1n) is 6.87. The van der Waals surface area contributed by atoms with Gasteiger partial charge in [-0.2, -0.15) is 0 Å². The number of aliphatic hydroxyl groups is 1. The van der Waals surface area contributed by atoms with Crippen molar-refractivity contribution in [2.45, 2.75) is 31.3 Å². The molecule has 1 aromatic carbocycles. The second-order valence-electron chi connectivity index (χ2n) is 5.51. The van der Waals surface area contributed by atoms with Gasteiger partial charge in [-0.25, -0.2) is 0 Å². The Bertz CT molecular complexity index is 496. The molecule has 0 bridgehead atoms. The summed E-state index contributed by atoms with van der Waals surface area (Å²) < 4.78 is 5.12. The first kappa shape index (κ1) is 14.7. The number of likely N-dealkylation sites (N-methyl/N-ethyl adjacent to an activating group) is 1. The minimum absolute atomic E-state index is 0.193. The zero-order chi connectivity index (χ0) is 14.8. The molecule has 5 nitrogen and oxygen atoms in total. The van der Waals surface area contributed by atoms with Gasteiger partial charge in [0.15, 0.2) is 0 Å². The Morgan fingerprint density at radius 2 is 2.10 bits per heavy atom. The van der Waals surface area contributed by atoms with Crippen LogP contribution in [0, 0.1) is 0 Å². The SMILES string of the molecule is COc1cccc(C(=O)N(C)CC2(O)CCCC2)c1N. The molecule has 1 aliphatic carbocycles. The van der Waals surface area contributed by atoms with E-state index in [1.165, 1.54) is 12.0 Å². The molecule has 1 aliphatic rings. The highest BCUT2D eigenvalue weighted by Gasteiger charge is 2.33. The van der Waals surface area contributed by atoms with Crippen LogP contribution in [-0.2, 0) is 0 Å². The number of hydrogen-bond donors (Lipinski definition) is 2. The average Bonchev–Trinajstić information content (AvgIpc) is 2.84. The number of carbonyl (C=O) groups is 1. The van der Waals surface area contributed by atoms with E-state index in [2.05, 4.69) is 0 Å². The Kier molecular flexibility index (Phi) is 4.18. The molecule has 0 atom stereocenters. The van der Waals surface area contributed by atoms with Crippen molar-refractivity contribution in [1.82, 2.24) is 4.90 Å². The van der Waals surface area contributed by atoms with Crippen molar-refractivity contribution in [2.24, 2.45) is 0 Å². The van der Waals surface area contributed by atoms with Crippen LogP contribution >= 0.6 is 0 Å². The van der Waals surface area contributed by atoms with Gasteiger partial charge in [0.1, 0.15) is 5.75 Å². The normalized spacial score (nSPS) is 16.9. The van der Waals surface area contributed by atoms with Crippen molar-refractivity contribution in [3.8, 4) is 5.75 Å². The fourth-order valence-electron chi connectivity index (χ4n) is 2.82. The van der Waals surface area contributed by atoms with Gasteiger partial charge in [0.05, 0.1) is 24.0 Å². The Balaban J connectivity index is 2.14. The predicted octanol–water partition coefficient (Wildman–Crippen LogP) is 1.65. The van der Waals surface area contributed by atoms with E-state index in [0.29, 0.717) is 23.5 Å². The zero-order valence-corrected chi connectivity index (χ0v) is 12.1. The van der Waals surface area contributed by atoms with Gasteiger partial charge in [0, 0.05) is 13.6 Å². The molecule has 0 radical (unpaired) electrons. The molecule has 1 aromatic rings. The third-order valence-corrected chi connectivity index (χ3v) is 3.93. The summed E-state index contributed by atoms with van der Waals surface area (Å²) in [5.41, 5.74) is 5.94. The number of para-hydroxylation sites is 1. The van der Waals surface area contributed by atoms with E-state index in [1.54, 1.807) is 25.2 Å². The van der Waals surface area contributed by atoms with E-state index in [1.807, 2.05) is 0 Å². The molecule has 0 aliphatic heterocycles. The minimum atomic E-state index is -0.752. The molecule has 1 amide bonds. The van der Waals surface area contributed by atoms with Gasteiger partial charge in [0.25, 0.3) is 5.91 Å². The molecular weight excluding hydrogens is 256 g/mol. The van der Waals surface area contributed by atoms with Crippen LogP contribution in [0.5, 0.6) is 5.75 Å². The van der Waals surface area contributed by atoms with E-state index in [0.717, 1.165) is 25.7 Å². The predicted molar refractivity (Wildman–Crippen MR) is 77.8 cm³/mol. The number of ether oxygens (including phenoxy) is 1. The van der Waals surface area contributed by atoms with Gasteiger partial charge in [0.2, 0.25) is 0 Å². The summed E-state index contributed by atoms with van der Waals surface area (Å²) in [6, 6.07) is 5.13. The molecule has 0 aromatic heterocycles. The molecule has 0 spiro atoms. The summed E-state index contributed by atoms with van der Waals surface area (Å²) in [6.07, 6.45) is 3.52. The minimum Gasteiger partial charge on any atom is -0.495 e. The van der Waals surface area contributed by atoms with Crippen LogP contribution in [0.25, 0.3) is 0 Å². The number of hydrogen-bond acceptors (Lipinski definition) is 4. The fourth-order valence-corrected chi connectivity index (χ4v) is 2.82. The van der Waals surface area contributed by atoms with E-state index in [-0.39, 0.29) is 5.91 Å². The van der Waals surface area contributed by atoms with Gasteiger partial charge in [-0.15, -0.1) is 0 Å². The molecule has 5 heteroatoms. The Labute approximate surface area is 119 Å². The average molecular weight is 278 g/mol. The molecule has 1 fully saturated rings. The third kappa shape index (κ3) is 2.88. The summed E-state index contributed by atoms with van der Waals surface area (Å²) in [7, 11) is 3.21. The number of nitrogens with zero attached hydrogens (tertiary/aromatic N) is 1. The molecule has 0 saturated heterocycles. The quantitative estimate of drug-likeness (QED) is 0.821. The summed E-state index contributed by atoms with van der Waals surface area (Å²) >= 11 is 0. The van der Waals surface area contributed by atoms with Gasteiger partial charge in [-0.05, 0) is 25.0 Å². The maximum atomic E-state index is 12.4. The van der Waals surface area contributed by atoms with Crippen LogP contribution < -0.4 is 10.5 Å². The lowest BCUT2D eigenvalue weighted by Gasteiger charge is -2.29. The van der Waals surface area contributed by atoms with Crippen LogP contribution in [-0.4, -0.2) is 42.2 Å². The van der Waals surface area contributed by atoms with Crippen molar-refractivity contribution < 1.29 is 14.6 Å². The van der Waals surface area contributed by atoms with Crippen molar-refractivity contribution >= 4 is 11.6 Å². The highest BCUT2D eigenvalue weighted by atomic mass is 16.5. The number of nitrogen functional groups attached to an aromatic ring is 1. The molecule has 2 rings (SSSR count). The summed E-state index contributed by atoms with van der Waals surface area (Å²) in [6.45, 7) is 0.336. The number of anilines is 1. The zero-order valence-electron chi connectivity index (χ0n) is 12.1. The molecule has 110 valence electrons. The van der Waals surface area contributed by atoms with Gasteiger partial charge < -0.3 is 20.5 Å². The smallest absolute Gasteiger partial charge is 0.255 e. The molecular formula is C15H22N2O3. The molecule has 1 saturated carbocycles. The van der Waals surface area contributed by atoms with Crippen molar-refractivity contribution in [3.05, 3.63) is 23.8 Å². The van der Waals surface area contributed by atoms with Crippen molar-refractivity contribution in [1.29, 1.82) is 0 Å². The van der Waals surface area contributed by atoms with E-state index in [9.17, 15) is 9.90 Å². The van der Waals surface area contributed by atoms with E-state index in [4.69, 9.17) is 10.5 Å². The van der Waals surface area contributed by atoms with Gasteiger partial charge in [-0.1, -0.05) is 18.9 Å². The van der Waals surface area contributed by atoms with E-state index < -0.39 is 5.60 Å². The second-order valence-corrected chi connectivity index (χ2v) is 5.51. The largest absolute Gasteiger partial charge is 0.495 e. The van der Waals surface area contributed by atoms with Gasteiger partial charge in [-0.3, -0.25) is 4.79 Å². The van der Waals surface area contributed by atoms with Crippen LogP contribution in [0.2, 0.25) is 0 Å². The number of methoxy groups -OCH3 is 1. The summed E-state index contributed by atoms with van der Waals surface area (Å²) in [4.78, 5) is 14.0. The van der Waals surface area contributed by atoms with Crippen molar-refractivity contribution in [3.63, 3.8) is 0 Å². The molecule has 0 heterocycles. The number of nitrogens with two attached hydrogens (primary N) is 1. The van der Waals surface area contributed by atoms with Crippen LogP contribution in [0.3, 0.4) is 0 Å². The van der Waals surface area contributed by atoms with Crippen LogP contribution in [0.15, 0.2) is 18.2 Å². The monoisotopic (exact) mass is 278 g/mol. The van der Waals surface area contributed by atoms with Gasteiger partial charge >= 0.3 is 0 Å². The fraction of sp³-hybridized carbons (Fsp3) is 0.533. The highest BCUT2D eigenvalue weighted by molar-refractivity contribution is 6.00. The number of amides is 1. The Hall–Kier alpha value is -1.75. The summed E-state index contributed by atoms with van der Waals surface area (Å²) in [5.74, 6) is 0.297. The number of benzene rings is 1. The standard InChI is InChI=1S/C15H22N2O3/c1-17(10-15(19)8-3-4-9-15)14(18)11-6-5-7-12(20-2)13(11)16/h5-7,19H,3-4,8-10,16H2,1-2H3. The topological polar surface area (TPSA) is 75.8 Å². The highest BCUT2D eigenvalue weighted by Crippen LogP contribution is 2.31. The second kappa shape index (κ2) is 5.71. The van der Waals surface area contributed by atoms with Crippen LogP contribution in [0.1, 0.15) is 36.0 Å². The lowest BCUT2D eigenvalue weighted by Crippen LogP contribution is -2.42. The third-order valence-electron chi connectivity index (χ3n) is 3.93.